The Morgan fingerprint density at radius 3 is 2.72 bits per heavy atom. The third kappa shape index (κ3) is 7.63. The van der Waals surface area contributed by atoms with Crippen molar-refractivity contribution in [2.24, 2.45) is 0 Å². The maximum absolute atomic E-state index is 11.6. The van der Waals surface area contributed by atoms with E-state index in [2.05, 4.69) is 22.5 Å². The second-order valence-corrected chi connectivity index (χ2v) is 4.70. The van der Waals surface area contributed by atoms with E-state index in [1.54, 1.807) is 0 Å². The van der Waals surface area contributed by atoms with Crippen LogP contribution in [0.2, 0.25) is 0 Å². The van der Waals surface area contributed by atoms with Gasteiger partial charge in [-0.1, -0.05) is 13.3 Å². The normalized spacial score (nSPS) is 16.7. The van der Waals surface area contributed by atoms with Gasteiger partial charge in [0.05, 0.1) is 6.54 Å². The smallest absolute Gasteiger partial charge is 0.234 e. The number of carbonyl (C=O) groups is 1. The molecule has 1 amide bonds. The minimum absolute atomic E-state index is 0.130. The number of piperazine rings is 1. The summed E-state index contributed by atoms with van der Waals surface area (Å²) in [6.45, 7) is 8.88. The van der Waals surface area contributed by atoms with Crippen LogP contribution >= 0.6 is 0 Å². The van der Waals surface area contributed by atoms with E-state index in [-0.39, 0.29) is 5.91 Å². The van der Waals surface area contributed by atoms with Gasteiger partial charge in [-0.25, -0.2) is 0 Å². The molecule has 5 nitrogen and oxygen atoms in total. The van der Waals surface area contributed by atoms with Gasteiger partial charge in [0, 0.05) is 45.9 Å². The lowest BCUT2D eigenvalue weighted by atomic mass is 10.3. The van der Waals surface area contributed by atoms with E-state index < -0.39 is 0 Å². The second-order valence-electron chi connectivity index (χ2n) is 4.70. The van der Waals surface area contributed by atoms with Gasteiger partial charge in [0.25, 0.3) is 0 Å². The molecule has 18 heavy (non-hydrogen) atoms. The summed E-state index contributed by atoms with van der Waals surface area (Å²) in [5.74, 6) is 0.130. The Balaban J connectivity index is 1.90. The lowest BCUT2D eigenvalue weighted by Gasteiger charge is -2.26. The van der Waals surface area contributed by atoms with Gasteiger partial charge in [-0.2, -0.15) is 0 Å². The molecule has 5 heteroatoms. The van der Waals surface area contributed by atoms with Gasteiger partial charge in [-0.15, -0.1) is 0 Å². The fraction of sp³-hybridized carbons (Fsp3) is 0.923. The highest BCUT2D eigenvalue weighted by Crippen LogP contribution is 1.92. The van der Waals surface area contributed by atoms with Crippen molar-refractivity contribution in [1.29, 1.82) is 0 Å². The zero-order chi connectivity index (χ0) is 13.1. The standard InChI is InChI=1S/C13H27N3O2/c1-2-3-10-18-11-4-5-15-13(17)12-16-8-6-14-7-9-16/h14H,2-12H2,1H3,(H,15,17). The zero-order valence-electron chi connectivity index (χ0n) is 11.5. The van der Waals surface area contributed by atoms with Gasteiger partial charge in [0.1, 0.15) is 0 Å². The van der Waals surface area contributed by atoms with Crippen LogP contribution in [0, 0.1) is 0 Å². The highest BCUT2D eigenvalue weighted by molar-refractivity contribution is 5.77. The molecule has 0 unspecified atom stereocenters. The summed E-state index contributed by atoms with van der Waals surface area (Å²) in [5, 5.41) is 6.21. The van der Waals surface area contributed by atoms with Crippen LogP contribution in [0.25, 0.3) is 0 Å². The molecule has 0 spiro atoms. The Morgan fingerprint density at radius 2 is 2.00 bits per heavy atom. The quantitative estimate of drug-likeness (QED) is 0.580. The van der Waals surface area contributed by atoms with Crippen LogP contribution in [0.4, 0.5) is 0 Å². The molecule has 1 saturated heterocycles. The van der Waals surface area contributed by atoms with Gasteiger partial charge < -0.3 is 15.4 Å². The molecule has 0 aromatic heterocycles. The average Bonchev–Trinajstić information content (AvgIpc) is 2.39. The molecule has 1 heterocycles. The van der Waals surface area contributed by atoms with Gasteiger partial charge in [0.15, 0.2) is 0 Å². The van der Waals surface area contributed by atoms with Crippen LogP contribution in [0.1, 0.15) is 26.2 Å². The first kappa shape index (κ1) is 15.4. The monoisotopic (exact) mass is 257 g/mol. The summed E-state index contributed by atoms with van der Waals surface area (Å²) >= 11 is 0. The molecule has 0 aliphatic carbocycles. The number of hydrogen-bond donors (Lipinski definition) is 2. The maximum atomic E-state index is 11.6. The number of hydrogen-bond acceptors (Lipinski definition) is 4. The van der Waals surface area contributed by atoms with E-state index in [1.165, 1.54) is 6.42 Å². The molecular weight excluding hydrogens is 230 g/mol. The summed E-state index contributed by atoms with van der Waals surface area (Å²) in [6.07, 6.45) is 3.19. The van der Waals surface area contributed by atoms with Crippen LogP contribution in [-0.2, 0) is 9.53 Å². The maximum Gasteiger partial charge on any atom is 0.234 e. The summed E-state index contributed by atoms with van der Waals surface area (Å²) in [4.78, 5) is 13.8. The minimum Gasteiger partial charge on any atom is -0.381 e. The van der Waals surface area contributed by atoms with Crippen molar-refractivity contribution in [2.45, 2.75) is 26.2 Å². The Kier molecular flexibility index (Phi) is 8.81. The molecule has 106 valence electrons. The number of carbonyl (C=O) groups excluding carboxylic acids is 1. The molecule has 0 aromatic rings. The highest BCUT2D eigenvalue weighted by atomic mass is 16.5. The lowest BCUT2D eigenvalue weighted by Crippen LogP contribution is -2.47. The van der Waals surface area contributed by atoms with Crippen LogP contribution in [-0.4, -0.2) is 63.3 Å². The third-order valence-electron chi connectivity index (χ3n) is 3.01. The molecular formula is C13H27N3O2. The van der Waals surface area contributed by atoms with Gasteiger partial charge in [0.2, 0.25) is 5.91 Å². The predicted molar refractivity (Wildman–Crippen MR) is 72.7 cm³/mol. The van der Waals surface area contributed by atoms with Crippen LogP contribution in [0.3, 0.4) is 0 Å². The summed E-state index contributed by atoms with van der Waals surface area (Å²) in [5.41, 5.74) is 0. The first-order chi connectivity index (χ1) is 8.83. The zero-order valence-corrected chi connectivity index (χ0v) is 11.5. The number of amides is 1. The molecule has 1 rings (SSSR count). The number of nitrogens with zero attached hydrogens (tertiary/aromatic N) is 1. The SMILES string of the molecule is CCCCOCCCNC(=O)CN1CCNCC1. The van der Waals surface area contributed by atoms with Crippen LogP contribution in [0.5, 0.6) is 0 Å². The Bertz CT molecular complexity index is 218. The molecule has 1 fully saturated rings. The average molecular weight is 257 g/mol. The summed E-state index contributed by atoms with van der Waals surface area (Å²) in [7, 11) is 0. The first-order valence-corrected chi connectivity index (χ1v) is 7.10. The number of rotatable bonds is 9. The molecule has 0 atom stereocenters. The van der Waals surface area contributed by atoms with Gasteiger partial charge in [-0.05, 0) is 12.8 Å². The van der Waals surface area contributed by atoms with Crippen molar-refractivity contribution < 1.29 is 9.53 Å². The molecule has 1 aliphatic heterocycles. The van der Waals surface area contributed by atoms with E-state index >= 15 is 0 Å². The van der Waals surface area contributed by atoms with Crippen molar-refractivity contribution >= 4 is 5.91 Å². The minimum atomic E-state index is 0.130. The first-order valence-electron chi connectivity index (χ1n) is 7.10. The van der Waals surface area contributed by atoms with Crippen molar-refractivity contribution in [1.82, 2.24) is 15.5 Å². The Hall–Kier alpha value is -0.650. The van der Waals surface area contributed by atoms with Gasteiger partial charge in [-0.3, -0.25) is 9.69 Å². The number of unbranched alkanes of at least 4 members (excludes halogenated alkanes) is 1. The molecule has 0 saturated carbocycles. The predicted octanol–water partition coefficient (Wildman–Crippen LogP) is 0.215. The number of nitrogens with one attached hydrogen (secondary N) is 2. The largest absolute Gasteiger partial charge is 0.381 e. The van der Waals surface area contributed by atoms with E-state index in [9.17, 15) is 4.79 Å². The van der Waals surface area contributed by atoms with E-state index in [1.807, 2.05) is 0 Å². The van der Waals surface area contributed by atoms with Crippen molar-refractivity contribution in [3.05, 3.63) is 0 Å². The summed E-state index contributed by atoms with van der Waals surface area (Å²) < 4.78 is 5.44. The van der Waals surface area contributed by atoms with Crippen LogP contribution in [0.15, 0.2) is 0 Å². The third-order valence-corrected chi connectivity index (χ3v) is 3.01. The fourth-order valence-corrected chi connectivity index (χ4v) is 1.88. The van der Waals surface area contributed by atoms with Crippen molar-refractivity contribution in [2.75, 3.05) is 52.5 Å². The molecule has 2 N–H and O–H groups in total. The van der Waals surface area contributed by atoms with E-state index in [0.29, 0.717) is 6.54 Å². The van der Waals surface area contributed by atoms with E-state index in [0.717, 1.165) is 58.8 Å². The van der Waals surface area contributed by atoms with Crippen molar-refractivity contribution in [3.8, 4) is 0 Å². The molecule has 0 bridgehead atoms. The lowest BCUT2D eigenvalue weighted by molar-refractivity contribution is -0.122. The fourth-order valence-electron chi connectivity index (χ4n) is 1.88. The van der Waals surface area contributed by atoms with E-state index in [4.69, 9.17) is 4.74 Å². The van der Waals surface area contributed by atoms with Crippen LogP contribution < -0.4 is 10.6 Å². The van der Waals surface area contributed by atoms with Gasteiger partial charge >= 0.3 is 0 Å². The second kappa shape index (κ2) is 10.3. The topological polar surface area (TPSA) is 53.6 Å². The number of ether oxygens (including phenoxy) is 1. The molecule has 0 radical (unpaired) electrons. The van der Waals surface area contributed by atoms with Crippen molar-refractivity contribution in [3.63, 3.8) is 0 Å². The molecule has 0 aromatic carbocycles. The summed E-state index contributed by atoms with van der Waals surface area (Å²) in [6, 6.07) is 0. The highest BCUT2D eigenvalue weighted by Gasteiger charge is 2.12. The Labute approximate surface area is 110 Å². The Morgan fingerprint density at radius 1 is 1.28 bits per heavy atom. The molecule has 1 aliphatic rings.